The molecule has 0 bridgehead atoms. The van der Waals surface area contributed by atoms with Crippen LogP contribution in [0.15, 0.2) is 0 Å². The first-order valence-electron chi connectivity index (χ1n) is 2.44. The minimum Gasteiger partial charge on any atom is -0.232 e. The van der Waals surface area contributed by atoms with Crippen molar-refractivity contribution in [3.05, 3.63) is 0 Å². The van der Waals surface area contributed by atoms with E-state index in [-0.39, 0.29) is 5.25 Å². The molecule has 1 rings (SSSR count). The molecule has 7 heavy (non-hydrogen) atoms. The highest BCUT2D eigenvalue weighted by Crippen LogP contribution is 2.20. The van der Waals surface area contributed by atoms with Gasteiger partial charge in [0.05, 0.1) is 5.25 Å². The van der Waals surface area contributed by atoms with Crippen LogP contribution in [0.25, 0.3) is 0 Å². The monoisotopic (exact) mass is 120 g/mol. The van der Waals surface area contributed by atoms with E-state index in [4.69, 9.17) is 0 Å². The van der Waals surface area contributed by atoms with Crippen LogP contribution in [0, 0.1) is 0 Å². The van der Waals surface area contributed by atoms with Gasteiger partial charge in [-0.15, -0.1) is 0 Å². The van der Waals surface area contributed by atoms with Crippen LogP contribution in [-0.2, 0) is 10.7 Å². The van der Waals surface area contributed by atoms with Gasteiger partial charge in [-0.05, 0) is 12.8 Å². The second kappa shape index (κ2) is 1.82. The summed E-state index contributed by atoms with van der Waals surface area (Å²) in [5, 5.41) is 0.0370. The zero-order valence-corrected chi connectivity index (χ0v) is 4.86. The van der Waals surface area contributed by atoms with Gasteiger partial charge in [-0.2, -0.15) is 0 Å². The fraction of sp³-hybridized carbons (Fsp3) is 1.00. The summed E-state index contributed by atoms with van der Waals surface area (Å²) in [4.78, 5) is 0. The van der Waals surface area contributed by atoms with Crippen LogP contribution in [0.3, 0.4) is 0 Å². The fourth-order valence-corrected chi connectivity index (χ4v) is 1.38. The van der Waals surface area contributed by atoms with Crippen LogP contribution in [0.4, 0.5) is 0 Å². The van der Waals surface area contributed by atoms with Gasteiger partial charge in [-0.25, -0.2) is 8.42 Å². The highest BCUT2D eigenvalue weighted by molar-refractivity contribution is 7.73. The SMILES string of the molecule is O=[SH](=O)C1CCC1. The van der Waals surface area contributed by atoms with Gasteiger partial charge in [0.25, 0.3) is 0 Å². The minimum absolute atomic E-state index is 0.0370. The molecular formula is C4H8O2S. The summed E-state index contributed by atoms with van der Waals surface area (Å²) in [6.45, 7) is 0. The van der Waals surface area contributed by atoms with E-state index in [9.17, 15) is 8.42 Å². The maximum absolute atomic E-state index is 10.0. The highest BCUT2D eigenvalue weighted by atomic mass is 32.2. The lowest BCUT2D eigenvalue weighted by molar-refractivity contribution is 0.488. The third-order valence-electron chi connectivity index (χ3n) is 1.37. The van der Waals surface area contributed by atoms with E-state index >= 15 is 0 Å². The molecule has 0 aromatic rings. The number of hydrogen-bond acceptors (Lipinski definition) is 2. The van der Waals surface area contributed by atoms with Crippen molar-refractivity contribution in [1.29, 1.82) is 0 Å². The van der Waals surface area contributed by atoms with Gasteiger partial charge >= 0.3 is 0 Å². The summed E-state index contributed by atoms with van der Waals surface area (Å²) in [6, 6.07) is 0. The van der Waals surface area contributed by atoms with Crippen LogP contribution >= 0.6 is 0 Å². The maximum Gasteiger partial charge on any atom is 0.143 e. The predicted molar refractivity (Wildman–Crippen MR) is 28.0 cm³/mol. The molecule has 0 N–H and O–H groups in total. The normalized spacial score (nSPS) is 22.4. The molecular weight excluding hydrogens is 112 g/mol. The van der Waals surface area contributed by atoms with Crippen molar-refractivity contribution in [3.8, 4) is 0 Å². The lowest BCUT2D eigenvalue weighted by atomic mass is 10.0. The van der Waals surface area contributed by atoms with E-state index in [1.54, 1.807) is 0 Å². The lowest BCUT2D eigenvalue weighted by Crippen LogP contribution is -2.18. The molecule has 0 heterocycles. The summed E-state index contributed by atoms with van der Waals surface area (Å²) in [5.41, 5.74) is 0. The number of thiol groups is 1. The van der Waals surface area contributed by atoms with Gasteiger partial charge in [0, 0.05) is 0 Å². The third kappa shape index (κ3) is 0.938. The van der Waals surface area contributed by atoms with Crippen LogP contribution in [0.5, 0.6) is 0 Å². The van der Waals surface area contributed by atoms with Crippen molar-refractivity contribution in [2.45, 2.75) is 24.5 Å². The molecule has 0 atom stereocenters. The summed E-state index contributed by atoms with van der Waals surface area (Å²) >= 11 is 0. The second-order valence-corrected chi connectivity index (χ2v) is 3.17. The molecule has 1 aliphatic carbocycles. The summed E-state index contributed by atoms with van der Waals surface area (Å²) in [5.74, 6) is 0. The first-order chi connectivity index (χ1) is 3.30. The lowest BCUT2D eigenvalue weighted by Gasteiger charge is -2.17. The minimum atomic E-state index is -2.07. The van der Waals surface area contributed by atoms with E-state index in [2.05, 4.69) is 0 Å². The van der Waals surface area contributed by atoms with Gasteiger partial charge in [0.2, 0.25) is 0 Å². The van der Waals surface area contributed by atoms with Crippen molar-refractivity contribution in [2.75, 3.05) is 0 Å². The molecule has 0 spiro atoms. The Hall–Kier alpha value is -0.0500. The van der Waals surface area contributed by atoms with Crippen molar-refractivity contribution in [1.82, 2.24) is 0 Å². The Morgan fingerprint density at radius 3 is 1.86 bits per heavy atom. The highest BCUT2D eigenvalue weighted by Gasteiger charge is 2.19. The van der Waals surface area contributed by atoms with E-state index in [0.29, 0.717) is 0 Å². The number of hydrogen-bond donors (Lipinski definition) is 1. The van der Waals surface area contributed by atoms with Gasteiger partial charge in [-0.1, -0.05) is 6.42 Å². The Labute approximate surface area is 44.5 Å². The van der Waals surface area contributed by atoms with Gasteiger partial charge in [-0.3, -0.25) is 0 Å². The average molecular weight is 120 g/mol. The topological polar surface area (TPSA) is 34.1 Å². The fourth-order valence-electron chi connectivity index (χ4n) is 0.598. The molecule has 0 unspecified atom stereocenters. The molecule has 0 aliphatic heterocycles. The Bertz CT molecular complexity index is 116. The van der Waals surface area contributed by atoms with Crippen molar-refractivity contribution < 1.29 is 8.42 Å². The Balaban J connectivity index is 2.41. The molecule has 1 fully saturated rings. The first kappa shape index (κ1) is 5.09. The molecule has 0 amide bonds. The first-order valence-corrected chi connectivity index (χ1v) is 3.69. The quantitative estimate of drug-likeness (QED) is 0.500. The summed E-state index contributed by atoms with van der Waals surface area (Å²) < 4.78 is 20.0. The van der Waals surface area contributed by atoms with Crippen molar-refractivity contribution >= 4 is 10.7 Å². The van der Waals surface area contributed by atoms with Gasteiger partial charge in [0.15, 0.2) is 0 Å². The largest absolute Gasteiger partial charge is 0.232 e. The van der Waals surface area contributed by atoms with Crippen LogP contribution < -0.4 is 0 Å². The summed E-state index contributed by atoms with van der Waals surface area (Å²) in [6.07, 6.45) is 2.91. The second-order valence-electron chi connectivity index (χ2n) is 1.87. The third-order valence-corrected chi connectivity index (χ3v) is 2.49. The molecule has 0 saturated heterocycles. The predicted octanol–water partition coefficient (Wildman–Crippen LogP) is 0.150. The van der Waals surface area contributed by atoms with Gasteiger partial charge in [0.1, 0.15) is 10.7 Å². The zero-order chi connectivity index (χ0) is 5.28. The Morgan fingerprint density at radius 2 is 1.86 bits per heavy atom. The van der Waals surface area contributed by atoms with Crippen LogP contribution in [0.1, 0.15) is 19.3 Å². The molecule has 0 aromatic carbocycles. The summed E-state index contributed by atoms with van der Waals surface area (Å²) in [7, 11) is -2.07. The number of rotatable bonds is 1. The van der Waals surface area contributed by atoms with Gasteiger partial charge < -0.3 is 0 Å². The Morgan fingerprint density at radius 1 is 1.29 bits per heavy atom. The maximum atomic E-state index is 10.0. The average Bonchev–Trinajstić information content (AvgIpc) is 1.23. The van der Waals surface area contributed by atoms with E-state index in [1.165, 1.54) is 0 Å². The van der Waals surface area contributed by atoms with Crippen molar-refractivity contribution in [2.24, 2.45) is 0 Å². The zero-order valence-electron chi connectivity index (χ0n) is 3.96. The van der Waals surface area contributed by atoms with E-state index in [1.807, 2.05) is 0 Å². The molecule has 1 aliphatic rings. The Kier molecular flexibility index (Phi) is 1.32. The van der Waals surface area contributed by atoms with Crippen molar-refractivity contribution in [3.63, 3.8) is 0 Å². The molecule has 0 radical (unpaired) electrons. The molecule has 1 saturated carbocycles. The molecule has 3 heteroatoms. The molecule has 0 aromatic heterocycles. The van der Waals surface area contributed by atoms with E-state index < -0.39 is 10.7 Å². The standard InChI is InChI=1S/C4H8O2S/c5-7(6)4-2-1-3-4/h4,7H,1-3H2. The van der Waals surface area contributed by atoms with Crippen LogP contribution in [0.2, 0.25) is 0 Å². The van der Waals surface area contributed by atoms with Crippen LogP contribution in [-0.4, -0.2) is 13.7 Å². The molecule has 42 valence electrons. The smallest absolute Gasteiger partial charge is 0.143 e. The molecule has 2 nitrogen and oxygen atoms in total. The van der Waals surface area contributed by atoms with E-state index in [0.717, 1.165) is 19.3 Å².